The van der Waals surface area contributed by atoms with Gasteiger partial charge in [0.25, 0.3) is 11.8 Å². The Labute approximate surface area is 121 Å². The van der Waals surface area contributed by atoms with E-state index in [4.69, 9.17) is 4.52 Å². The van der Waals surface area contributed by atoms with Crippen LogP contribution in [-0.4, -0.2) is 45.1 Å². The molecule has 0 aromatic carbocycles. The Morgan fingerprint density at radius 2 is 2.00 bits per heavy atom. The van der Waals surface area contributed by atoms with Gasteiger partial charge in [0.15, 0.2) is 5.69 Å². The van der Waals surface area contributed by atoms with E-state index in [1.54, 1.807) is 31.3 Å². The summed E-state index contributed by atoms with van der Waals surface area (Å²) in [6, 6.07) is 4.93. The van der Waals surface area contributed by atoms with Crippen molar-refractivity contribution in [3.8, 4) is 0 Å². The molecule has 3 heterocycles. The third-order valence-electron chi connectivity index (χ3n) is 3.26. The first kappa shape index (κ1) is 13.3. The van der Waals surface area contributed by atoms with Gasteiger partial charge in [0.2, 0.25) is 0 Å². The molecule has 0 radical (unpaired) electrons. The summed E-state index contributed by atoms with van der Waals surface area (Å²) in [5.41, 5.74) is 0.659. The second kappa shape index (κ2) is 5.35. The number of rotatable bonds is 2. The lowest BCUT2D eigenvalue weighted by Crippen LogP contribution is -2.45. The monoisotopic (exact) mass is 286 g/mol. The number of pyridine rings is 1. The summed E-state index contributed by atoms with van der Waals surface area (Å²) in [5.74, 6) is -0.0153. The predicted molar refractivity (Wildman–Crippen MR) is 72.2 cm³/mol. The number of carbonyl (C=O) groups is 2. The molecule has 2 aromatic rings. The second-order valence-electron chi connectivity index (χ2n) is 4.77. The molecule has 0 unspecified atom stereocenters. The van der Waals surface area contributed by atoms with Crippen LogP contribution in [0.1, 0.15) is 33.0 Å². The van der Waals surface area contributed by atoms with Gasteiger partial charge in [-0.05, 0) is 25.5 Å². The Hall–Kier alpha value is -2.70. The van der Waals surface area contributed by atoms with Gasteiger partial charge in [-0.25, -0.2) is 10.0 Å². The first-order chi connectivity index (χ1) is 10.2. The van der Waals surface area contributed by atoms with Gasteiger partial charge in [0.1, 0.15) is 5.76 Å². The number of carbonyl (C=O) groups excluding carboxylic acids is 2. The van der Waals surface area contributed by atoms with E-state index in [0.29, 0.717) is 24.4 Å². The van der Waals surface area contributed by atoms with Crippen LogP contribution < -0.4 is 0 Å². The molecule has 2 aromatic heterocycles. The largest absolute Gasteiger partial charge is 0.361 e. The minimum atomic E-state index is -0.332. The normalized spacial score (nSPS) is 14.5. The van der Waals surface area contributed by atoms with Crippen molar-refractivity contribution in [1.82, 2.24) is 20.2 Å². The van der Waals surface area contributed by atoms with E-state index in [1.165, 1.54) is 16.2 Å². The Balaban J connectivity index is 1.82. The van der Waals surface area contributed by atoms with Crippen LogP contribution in [0.4, 0.5) is 0 Å². The summed E-state index contributed by atoms with van der Waals surface area (Å²) in [7, 11) is 0. The zero-order chi connectivity index (χ0) is 14.8. The first-order valence-corrected chi connectivity index (χ1v) is 6.64. The summed E-state index contributed by atoms with van der Waals surface area (Å²) in [6.07, 6.45) is 3.82. The van der Waals surface area contributed by atoms with Gasteiger partial charge in [-0.15, -0.1) is 0 Å². The van der Waals surface area contributed by atoms with Crippen LogP contribution >= 0.6 is 0 Å². The maximum absolute atomic E-state index is 12.4. The smallest absolute Gasteiger partial charge is 0.294 e. The number of aromatic nitrogens is 2. The van der Waals surface area contributed by atoms with Crippen molar-refractivity contribution in [1.29, 1.82) is 0 Å². The highest BCUT2D eigenvalue weighted by molar-refractivity contribution is 5.98. The zero-order valence-corrected chi connectivity index (χ0v) is 11.5. The van der Waals surface area contributed by atoms with E-state index in [1.807, 2.05) is 0 Å². The average Bonchev–Trinajstić information content (AvgIpc) is 3.15. The zero-order valence-electron chi connectivity index (χ0n) is 11.5. The molecule has 0 saturated carbocycles. The van der Waals surface area contributed by atoms with Crippen molar-refractivity contribution in [2.45, 2.75) is 13.3 Å². The maximum atomic E-state index is 12.4. The van der Waals surface area contributed by atoms with Crippen LogP contribution in [0, 0.1) is 6.92 Å². The van der Waals surface area contributed by atoms with Crippen LogP contribution in [0.3, 0.4) is 0 Å². The number of nitrogens with zero attached hydrogens (tertiary/aromatic N) is 4. The number of amides is 2. The molecule has 0 N–H and O–H groups in total. The third-order valence-corrected chi connectivity index (χ3v) is 3.26. The highest BCUT2D eigenvalue weighted by atomic mass is 16.5. The third kappa shape index (κ3) is 2.49. The highest BCUT2D eigenvalue weighted by Gasteiger charge is 2.33. The summed E-state index contributed by atoms with van der Waals surface area (Å²) < 4.78 is 4.91. The van der Waals surface area contributed by atoms with Crippen LogP contribution in [0.2, 0.25) is 0 Å². The van der Waals surface area contributed by atoms with E-state index in [0.717, 1.165) is 6.42 Å². The van der Waals surface area contributed by atoms with Gasteiger partial charge in [0, 0.05) is 31.5 Å². The lowest BCUT2D eigenvalue weighted by molar-refractivity contribution is 0.0179. The second-order valence-corrected chi connectivity index (χ2v) is 4.77. The van der Waals surface area contributed by atoms with Gasteiger partial charge in [-0.1, -0.05) is 5.16 Å². The van der Waals surface area contributed by atoms with E-state index in [-0.39, 0.29) is 17.5 Å². The molecule has 1 fully saturated rings. The van der Waals surface area contributed by atoms with E-state index >= 15 is 0 Å². The van der Waals surface area contributed by atoms with E-state index in [2.05, 4.69) is 10.1 Å². The molecule has 21 heavy (non-hydrogen) atoms. The molecule has 1 aliphatic heterocycles. The summed E-state index contributed by atoms with van der Waals surface area (Å²) >= 11 is 0. The number of aryl methyl sites for hydroxylation is 1. The standard InChI is InChI=1S/C14H14N4O3/c1-10-8-12(16-21-10)14(20)18-7-3-6-17(18)13(19)11-4-2-5-15-9-11/h2,4-5,8-9H,3,6-7H2,1H3. The lowest BCUT2D eigenvalue weighted by Gasteiger charge is -2.26. The molecule has 1 saturated heterocycles. The molecule has 0 aliphatic carbocycles. The van der Waals surface area contributed by atoms with Gasteiger partial charge in [0.05, 0.1) is 5.56 Å². The number of hydrogen-bond donors (Lipinski definition) is 0. The van der Waals surface area contributed by atoms with Gasteiger partial charge < -0.3 is 4.52 Å². The number of hydrazine groups is 1. The van der Waals surface area contributed by atoms with Crippen LogP contribution in [0.25, 0.3) is 0 Å². The fraction of sp³-hybridized carbons (Fsp3) is 0.286. The quantitative estimate of drug-likeness (QED) is 0.831. The molecular formula is C14H14N4O3. The Bertz CT molecular complexity index is 668. The molecule has 2 amide bonds. The van der Waals surface area contributed by atoms with Crippen molar-refractivity contribution in [2.24, 2.45) is 0 Å². The molecule has 3 rings (SSSR count). The van der Waals surface area contributed by atoms with Crippen molar-refractivity contribution >= 4 is 11.8 Å². The average molecular weight is 286 g/mol. The Kier molecular flexibility index (Phi) is 3.39. The minimum Gasteiger partial charge on any atom is -0.361 e. The summed E-state index contributed by atoms with van der Waals surface area (Å²) in [4.78, 5) is 28.8. The van der Waals surface area contributed by atoms with Crippen LogP contribution in [0.5, 0.6) is 0 Å². The lowest BCUT2D eigenvalue weighted by atomic mass is 10.2. The molecule has 108 valence electrons. The van der Waals surface area contributed by atoms with Gasteiger partial charge >= 0.3 is 0 Å². The molecule has 7 nitrogen and oxygen atoms in total. The van der Waals surface area contributed by atoms with Crippen molar-refractivity contribution in [3.63, 3.8) is 0 Å². The Morgan fingerprint density at radius 3 is 2.62 bits per heavy atom. The van der Waals surface area contributed by atoms with Crippen molar-refractivity contribution in [3.05, 3.63) is 47.6 Å². The fourth-order valence-corrected chi connectivity index (χ4v) is 2.27. The molecule has 0 spiro atoms. The summed E-state index contributed by atoms with van der Waals surface area (Å²) in [5, 5.41) is 6.55. The van der Waals surface area contributed by atoms with Gasteiger partial charge in [-0.2, -0.15) is 0 Å². The minimum absolute atomic E-state index is 0.207. The van der Waals surface area contributed by atoms with Crippen LogP contribution in [0.15, 0.2) is 35.1 Å². The predicted octanol–water partition coefficient (Wildman–Crippen LogP) is 1.28. The first-order valence-electron chi connectivity index (χ1n) is 6.64. The van der Waals surface area contributed by atoms with E-state index < -0.39 is 0 Å². The number of hydrogen-bond acceptors (Lipinski definition) is 5. The molecule has 7 heteroatoms. The van der Waals surface area contributed by atoms with Crippen LogP contribution in [-0.2, 0) is 0 Å². The Morgan fingerprint density at radius 1 is 1.24 bits per heavy atom. The van der Waals surface area contributed by atoms with Gasteiger partial charge in [-0.3, -0.25) is 14.6 Å². The molecule has 0 bridgehead atoms. The van der Waals surface area contributed by atoms with Crippen molar-refractivity contribution < 1.29 is 14.1 Å². The maximum Gasteiger partial charge on any atom is 0.294 e. The fourth-order valence-electron chi connectivity index (χ4n) is 2.27. The topological polar surface area (TPSA) is 79.5 Å². The molecule has 0 atom stereocenters. The van der Waals surface area contributed by atoms with Crippen molar-refractivity contribution in [2.75, 3.05) is 13.1 Å². The SMILES string of the molecule is Cc1cc(C(=O)N2CCCN2C(=O)c2cccnc2)no1. The summed E-state index contributed by atoms with van der Waals surface area (Å²) in [6.45, 7) is 2.69. The highest BCUT2D eigenvalue weighted by Crippen LogP contribution is 2.17. The molecule has 1 aliphatic rings. The van der Waals surface area contributed by atoms with E-state index in [9.17, 15) is 9.59 Å². The molecular weight excluding hydrogens is 272 g/mol.